The molecule has 1 atom stereocenters. The second-order valence-electron chi connectivity index (χ2n) is 7.11. The SMILES string of the molecule is Cn1ccnc1C(=O)[C@@H]1CCCN(C(=O)CCc2nc3ccccc3[nH]2)C1. The van der Waals surface area contributed by atoms with Crippen LogP contribution in [0.25, 0.3) is 11.0 Å². The summed E-state index contributed by atoms with van der Waals surface area (Å²) in [7, 11) is 1.82. The number of nitrogens with one attached hydrogen (secondary N) is 1. The number of imidazole rings is 2. The molecule has 1 aliphatic rings. The molecule has 0 bridgehead atoms. The monoisotopic (exact) mass is 365 g/mol. The van der Waals surface area contributed by atoms with Crippen molar-refractivity contribution >= 4 is 22.7 Å². The number of rotatable bonds is 5. The number of benzene rings is 1. The zero-order valence-corrected chi connectivity index (χ0v) is 15.4. The van der Waals surface area contributed by atoms with E-state index in [0.717, 1.165) is 29.7 Å². The molecule has 0 unspecified atom stereocenters. The van der Waals surface area contributed by atoms with Crippen LogP contribution in [0.2, 0.25) is 0 Å². The Morgan fingerprint density at radius 3 is 2.93 bits per heavy atom. The van der Waals surface area contributed by atoms with Crippen molar-refractivity contribution in [2.45, 2.75) is 25.7 Å². The third-order valence-electron chi connectivity index (χ3n) is 5.20. The normalized spacial score (nSPS) is 17.4. The van der Waals surface area contributed by atoms with Crippen molar-refractivity contribution in [3.63, 3.8) is 0 Å². The first-order valence-electron chi connectivity index (χ1n) is 9.35. The van der Waals surface area contributed by atoms with Crippen LogP contribution in [0.5, 0.6) is 0 Å². The van der Waals surface area contributed by atoms with E-state index in [-0.39, 0.29) is 17.6 Å². The van der Waals surface area contributed by atoms with Crippen molar-refractivity contribution in [2.75, 3.05) is 13.1 Å². The van der Waals surface area contributed by atoms with Crippen LogP contribution in [0.4, 0.5) is 0 Å². The van der Waals surface area contributed by atoms with Crippen LogP contribution in [0.3, 0.4) is 0 Å². The number of para-hydroxylation sites is 2. The number of nitrogens with zero attached hydrogens (tertiary/aromatic N) is 4. The van der Waals surface area contributed by atoms with E-state index in [1.807, 2.05) is 36.2 Å². The average molecular weight is 365 g/mol. The first-order valence-corrected chi connectivity index (χ1v) is 9.35. The molecule has 0 aliphatic carbocycles. The number of aryl methyl sites for hydroxylation is 2. The molecule has 3 aromatic rings. The molecule has 7 heteroatoms. The summed E-state index contributed by atoms with van der Waals surface area (Å²) in [6, 6.07) is 7.84. The van der Waals surface area contributed by atoms with Gasteiger partial charge in [-0.3, -0.25) is 9.59 Å². The zero-order chi connectivity index (χ0) is 18.8. The van der Waals surface area contributed by atoms with Crippen molar-refractivity contribution in [2.24, 2.45) is 13.0 Å². The predicted molar refractivity (Wildman–Crippen MR) is 101 cm³/mol. The van der Waals surface area contributed by atoms with E-state index in [2.05, 4.69) is 15.0 Å². The van der Waals surface area contributed by atoms with Crippen molar-refractivity contribution in [3.8, 4) is 0 Å². The van der Waals surface area contributed by atoms with E-state index in [1.54, 1.807) is 17.0 Å². The van der Waals surface area contributed by atoms with Gasteiger partial charge in [-0.1, -0.05) is 12.1 Å². The Kier molecular flexibility index (Phi) is 4.75. The lowest BCUT2D eigenvalue weighted by Crippen LogP contribution is -2.42. The fourth-order valence-corrected chi connectivity index (χ4v) is 3.71. The highest BCUT2D eigenvalue weighted by Gasteiger charge is 2.30. The summed E-state index contributed by atoms with van der Waals surface area (Å²) in [6.45, 7) is 1.19. The largest absolute Gasteiger partial charge is 0.342 e. The van der Waals surface area contributed by atoms with Gasteiger partial charge in [0.2, 0.25) is 11.7 Å². The van der Waals surface area contributed by atoms with Crippen molar-refractivity contribution in [1.29, 1.82) is 0 Å². The number of carbonyl (C=O) groups excluding carboxylic acids is 2. The van der Waals surface area contributed by atoms with Gasteiger partial charge in [0.25, 0.3) is 0 Å². The Morgan fingerprint density at radius 2 is 2.15 bits per heavy atom. The fourth-order valence-electron chi connectivity index (χ4n) is 3.71. The van der Waals surface area contributed by atoms with Gasteiger partial charge in [0.1, 0.15) is 5.82 Å². The van der Waals surface area contributed by atoms with E-state index in [4.69, 9.17) is 0 Å². The number of hydrogen-bond donors (Lipinski definition) is 1. The highest BCUT2D eigenvalue weighted by atomic mass is 16.2. The number of aromatic amines is 1. The molecular weight excluding hydrogens is 342 g/mol. The summed E-state index contributed by atoms with van der Waals surface area (Å²) < 4.78 is 1.74. The molecule has 7 nitrogen and oxygen atoms in total. The molecule has 3 heterocycles. The minimum absolute atomic E-state index is 0.0253. The number of Topliss-reactive ketones (excluding diaryl/α,β-unsaturated/α-hetero) is 1. The lowest BCUT2D eigenvalue weighted by molar-refractivity contribution is -0.132. The Bertz CT molecular complexity index is 941. The fraction of sp³-hybridized carbons (Fsp3) is 0.400. The maximum Gasteiger partial charge on any atom is 0.223 e. The molecule has 1 aliphatic heterocycles. The minimum atomic E-state index is -0.171. The van der Waals surface area contributed by atoms with Gasteiger partial charge >= 0.3 is 0 Å². The molecule has 1 aromatic carbocycles. The van der Waals surface area contributed by atoms with Gasteiger partial charge in [-0.05, 0) is 25.0 Å². The van der Waals surface area contributed by atoms with Crippen LogP contribution in [-0.2, 0) is 18.3 Å². The molecule has 0 spiro atoms. The Hall–Kier alpha value is -2.96. The predicted octanol–water partition coefficient (Wildman–Crippen LogP) is 2.35. The van der Waals surface area contributed by atoms with Crippen LogP contribution in [0.1, 0.15) is 35.7 Å². The van der Waals surface area contributed by atoms with Crippen molar-refractivity contribution in [1.82, 2.24) is 24.4 Å². The second-order valence-corrected chi connectivity index (χ2v) is 7.11. The highest BCUT2D eigenvalue weighted by Crippen LogP contribution is 2.21. The summed E-state index contributed by atoms with van der Waals surface area (Å²) in [5, 5.41) is 0. The van der Waals surface area contributed by atoms with Crippen LogP contribution >= 0.6 is 0 Å². The van der Waals surface area contributed by atoms with E-state index in [0.29, 0.717) is 31.8 Å². The summed E-state index contributed by atoms with van der Waals surface area (Å²) in [6.07, 6.45) is 6.01. The second kappa shape index (κ2) is 7.34. The molecule has 1 saturated heterocycles. The smallest absolute Gasteiger partial charge is 0.223 e. The van der Waals surface area contributed by atoms with Crippen molar-refractivity contribution in [3.05, 3.63) is 48.3 Å². The van der Waals surface area contributed by atoms with Gasteiger partial charge in [0.15, 0.2) is 5.82 Å². The van der Waals surface area contributed by atoms with E-state index >= 15 is 0 Å². The molecule has 2 aromatic heterocycles. The van der Waals surface area contributed by atoms with E-state index in [1.165, 1.54) is 0 Å². The average Bonchev–Trinajstić information content (AvgIpc) is 3.31. The maximum absolute atomic E-state index is 12.7. The summed E-state index contributed by atoms with van der Waals surface area (Å²) in [5.41, 5.74) is 1.90. The zero-order valence-electron chi connectivity index (χ0n) is 15.4. The van der Waals surface area contributed by atoms with Crippen LogP contribution < -0.4 is 0 Å². The molecule has 0 saturated carbocycles. The molecule has 0 radical (unpaired) electrons. The number of hydrogen-bond acceptors (Lipinski definition) is 4. The number of H-pyrrole nitrogens is 1. The molecular formula is C20H23N5O2. The maximum atomic E-state index is 12.7. The van der Waals surface area contributed by atoms with E-state index < -0.39 is 0 Å². The van der Waals surface area contributed by atoms with E-state index in [9.17, 15) is 9.59 Å². The van der Waals surface area contributed by atoms with Gasteiger partial charge in [0, 0.05) is 51.3 Å². The quantitative estimate of drug-likeness (QED) is 0.704. The lowest BCUT2D eigenvalue weighted by Gasteiger charge is -2.32. The first kappa shape index (κ1) is 17.5. The summed E-state index contributed by atoms with van der Waals surface area (Å²) in [5.74, 6) is 1.22. The Labute approximate surface area is 157 Å². The van der Waals surface area contributed by atoms with Crippen LogP contribution in [0, 0.1) is 5.92 Å². The number of amides is 1. The number of likely N-dealkylation sites (tertiary alicyclic amines) is 1. The number of ketones is 1. The van der Waals surface area contributed by atoms with Gasteiger partial charge in [-0.2, -0.15) is 0 Å². The Balaban J connectivity index is 1.37. The molecule has 4 rings (SSSR count). The van der Waals surface area contributed by atoms with Crippen molar-refractivity contribution < 1.29 is 9.59 Å². The number of fused-ring (bicyclic) bond motifs is 1. The summed E-state index contributed by atoms with van der Waals surface area (Å²) >= 11 is 0. The standard InChI is InChI=1S/C20H23N5O2/c1-24-12-10-21-20(24)19(27)14-5-4-11-25(13-14)18(26)9-8-17-22-15-6-2-3-7-16(15)23-17/h2-3,6-7,10,12,14H,4-5,8-9,11,13H2,1H3,(H,22,23)/t14-/m1/s1. The molecule has 1 fully saturated rings. The molecule has 140 valence electrons. The van der Waals surface area contributed by atoms with Gasteiger partial charge in [-0.15, -0.1) is 0 Å². The van der Waals surface area contributed by atoms with Crippen LogP contribution in [-0.4, -0.2) is 49.2 Å². The summed E-state index contributed by atoms with van der Waals surface area (Å²) in [4.78, 5) is 39.1. The highest BCUT2D eigenvalue weighted by molar-refractivity contribution is 5.95. The van der Waals surface area contributed by atoms with Gasteiger partial charge in [-0.25, -0.2) is 9.97 Å². The number of aromatic nitrogens is 4. The molecule has 1 amide bonds. The van der Waals surface area contributed by atoms with Gasteiger partial charge in [0.05, 0.1) is 11.0 Å². The first-order chi connectivity index (χ1) is 13.1. The third-order valence-corrected chi connectivity index (χ3v) is 5.20. The van der Waals surface area contributed by atoms with Crippen LogP contribution in [0.15, 0.2) is 36.7 Å². The minimum Gasteiger partial charge on any atom is -0.342 e. The van der Waals surface area contributed by atoms with Gasteiger partial charge < -0.3 is 14.5 Å². The molecule has 27 heavy (non-hydrogen) atoms. The topological polar surface area (TPSA) is 83.9 Å². The number of carbonyl (C=O) groups is 2. The third kappa shape index (κ3) is 3.63. The molecule has 1 N–H and O–H groups in total. The number of piperidine rings is 1. The Morgan fingerprint density at radius 1 is 1.30 bits per heavy atom. The lowest BCUT2D eigenvalue weighted by atomic mass is 9.93.